The number of carbonyl (C=O) groups excluding carboxylic acids is 2. The van der Waals surface area contributed by atoms with Crippen molar-refractivity contribution < 1.29 is 14.3 Å². The molecule has 0 aliphatic heterocycles. The van der Waals surface area contributed by atoms with Crippen LogP contribution in [-0.4, -0.2) is 22.5 Å². The van der Waals surface area contributed by atoms with Gasteiger partial charge in [-0.3, -0.25) is 4.79 Å². The quantitative estimate of drug-likeness (QED) is 0.744. The molecule has 0 N–H and O–H groups in total. The van der Waals surface area contributed by atoms with Crippen molar-refractivity contribution in [3.63, 3.8) is 0 Å². The first kappa shape index (κ1) is 14.9. The lowest BCUT2D eigenvalue weighted by Gasteiger charge is -2.19. The summed E-state index contributed by atoms with van der Waals surface area (Å²) in [4.78, 5) is 22.3. The summed E-state index contributed by atoms with van der Waals surface area (Å²) in [6, 6.07) is 1.55. The lowest BCUT2D eigenvalue weighted by atomic mass is 10.2. The number of hydrogen-bond acceptors (Lipinski definition) is 3. The Labute approximate surface area is 104 Å². The highest BCUT2D eigenvalue weighted by molar-refractivity contribution is 9.10. The Morgan fingerprint density at radius 2 is 2.06 bits per heavy atom. The van der Waals surface area contributed by atoms with Crippen molar-refractivity contribution in [2.24, 2.45) is 0 Å². The van der Waals surface area contributed by atoms with Crippen LogP contribution < -0.4 is 0 Å². The van der Waals surface area contributed by atoms with Crippen LogP contribution in [0.25, 0.3) is 0 Å². The lowest BCUT2D eigenvalue weighted by Crippen LogP contribution is -2.27. The second kappa shape index (κ2) is 5.30. The van der Waals surface area contributed by atoms with Gasteiger partial charge in [-0.2, -0.15) is 0 Å². The predicted molar refractivity (Wildman–Crippen MR) is 65.9 cm³/mol. The molecule has 0 saturated heterocycles. The highest BCUT2D eigenvalue weighted by Crippen LogP contribution is 2.16. The number of hydrogen-bond donors (Lipinski definition) is 0. The van der Waals surface area contributed by atoms with Gasteiger partial charge in [0.1, 0.15) is 5.60 Å². The van der Waals surface area contributed by atoms with E-state index in [4.69, 9.17) is 4.74 Å². The molecule has 0 aromatic carbocycles. The van der Waals surface area contributed by atoms with Gasteiger partial charge in [-0.15, -0.1) is 0 Å². The topological polar surface area (TPSA) is 48.3 Å². The normalized spacial score (nSPS) is 10.5. The molecular formula is C11H16BrNO3. The number of aldehydes is 1. The third-order valence-electron chi connectivity index (χ3n) is 1.53. The van der Waals surface area contributed by atoms with Crippen molar-refractivity contribution >= 4 is 28.3 Å². The summed E-state index contributed by atoms with van der Waals surface area (Å²) in [6.07, 6.45) is 1.54. The van der Waals surface area contributed by atoms with Crippen molar-refractivity contribution in [3.8, 4) is 0 Å². The number of ether oxygens (including phenoxy) is 1. The average Bonchev–Trinajstić information content (AvgIpc) is 2.43. The molecule has 4 nitrogen and oxygen atoms in total. The van der Waals surface area contributed by atoms with E-state index in [1.807, 2.05) is 0 Å². The van der Waals surface area contributed by atoms with Crippen LogP contribution in [0.4, 0.5) is 4.79 Å². The Balaban J connectivity index is 0.00000225. The minimum atomic E-state index is -0.575. The molecule has 0 aliphatic carbocycles. The van der Waals surface area contributed by atoms with Crippen LogP contribution >= 0.6 is 15.9 Å². The molecule has 0 atom stereocenters. The molecule has 1 aromatic rings. The minimum Gasteiger partial charge on any atom is -0.443 e. The van der Waals surface area contributed by atoms with E-state index in [1.54, 1.807) is 26.8 Å². The van der Waals surface area contributed by atoms with E-state index in [-0.39, 0.29) is 13.1 Å². The minimum absolute atomic E-state index is 0. The summed E-state index contributed by atoms with van der Waals surface area (Å²) in [5.41, 5.74) is -0.315. The summed E-state index contributed by atoms with van der Waals surface area (Å²) < 4.78 is 6.96. The van der Waals surface area contributed by atoms with Gasteiger partial charge >= 0.3 is 6.09 Å². The molecule has 0 amide bonds. The van der Waals surface area contributed by atoms with Crippen LogP contribution in [0.3, 0.4) is 0 Å². The van der Waals surface area contributed by atoms with Crippen molar-refractivity contribution in [3.05, 3.63) is 22.4 Å². The fourth-order valence-electron chi connectivity index (χ4n) is 1.01. The van der Waals surface area contributed by atoms with E-state index in [9.17, 15) is 9.59 Å². The van der Waals surface area contributed by atoms with Crippen molar-refractivity contribution in [2.75, 3.05) is 0 Å². The first-order valence-corrected chi connectivity index (χ1v) is 5.19. The van der Waals surface area contributed by atoms with Gasteiger partial charge < -0.3 is 4.74 Å². The van der Waals surface area contributed by atoms with Gasteiger partial charge in [-0.25, -0.2) is 9.36 Å². The van der Waals surface area contributed by atoms with Gasteiger partial charge in [-0.05, 0) is 42.8 Å². The Hall–Kier alpha value is -1.10. The van der Waals surface area contributed by atoms with Gasteiger partial charge in [0.25, 0.3) is 0 Å². The standard InChI is InChI=1S/C10H12BrNO3.CH4/c1-10(2,3)15-9(14)12-5-7(11)4-8(12)6-13;/h4-6H,1-3H3;1H4. The van der Waals surface area contributed by atoms with E-state index in [0.717, 1.165) is 0 Å². The molecule has 0 spiro atoms. The zero-order chi connectivity index (χ0) is 11.6. The summed E-state index contributed by atoms with van der Waals surface area (Å²) in [5, 5.41) is 0. The molecule has 16 heavy (non-hydrogen) atoms. The van der Waals surface area contributed by atoms with Gasteiger partial charge in [0.2, 0.25) is 0 Å². The number of halogens is 1. The highest BCUT2D eigenvalue weighted by atomic mass is 79.9. The Kier molecular flexibility index (Phi) is 4.93. The molecule has 90 valence electrons. The average molecular weight is 290 g/mol. The van der Waals surface area contributed by atoms with Crippen LogP contribution in [0.15, 0.2) is 16.7 Å². The molecule has 5 heteroatoms. The lowest BCUT2D eigenvalue weighted by molar-refractivity contribution is 0.0531. The third kappa shape index (κ3) is 3.81. The fourth-order valence-corrected chi connectivity index (χ4v) is 1.45. The van der Waals surface area contributed by atoms with E-state index < -0.39 is 11.7 Å². The highest BCUT2D eigenvalue weighted by Gasteiger charge is 2.19. The maximum Gasteiger partial charge on any atom is 0.419 e. The molecule has 0 radical (unpaired) electrons. The molecular weight excluding hydrogens is 274 g/mol. The van der Waals surface area contributed by atoms with Gasteiger partial charge in [0.15, 0.2) is 6.29 Å². The Bertz CT molecular complexity index is 390. The number of carbonyl (C=O) groups is 2. The molecule has 0 bridgehead atoms. The molecule has 0 unspecified atom stereocenters. The molecule has 1 aromatic heterocycles. The van der Waals surface area contributed by atoms with E-state index >= 15 is 0 Å². The second-order valence-corrected chi connectivity index (χ2v) is 4.97. The molecule has 1 heterocycles. The zero-order valence-corrected chi connectivity index (χ0v) is 10.4. The first-order chi connectivity index (χ1) is 6.83. The van der Waals surface area contributed by atoms with Crippen molar-refractivity contribution in [1.29, 1.82) is 0 Å². The maximum atomic E-state index is 11.6. The smallest absolute Gasteiger partial charge is 0.419 e. The van der Waals surface area contributed by atoms with Gasteiger partial charge in [-0.1, -0.05) is 7.43 Å². The van der Waals surface area contributed by atoms with Crippen molar-refractivity contribution in [2.45, 2.75) is 33.8 Å². The summed E-state index contributed by atoms with van der Waals surface area (Å²) in [6.45, 7) is 5.30. The van der Waals surface area contributed by atoms with Crippen LogP contribution in [0.5, 0.6) is 0 Å². The Morgan fingerprint density at radius 1 is 1.50 bits per heavy atom. The van der Waals surface area contributed by atoms with Gasteiger partial charge in [0, 0.05) is 10.7 Å². The van der Waals surface area contributed by atoms with Gasteiger partial charge in [0.05, 0.1) is 5.69 Å². The van der Waals surface area contributed by atoms with Crippen LogP contribution in [0.1, 0.15) is 38.7 Å². The number of nitrogens with zero attached hydrogens (tertiary/aromatic N) is 1. The van der Waals surface area contributed by atoms with E-state index in [0.29, 0.717) is 10.8 Å². The van der Waals surface area contributed by atoms with Crippen LogP contribution in [-0.2, 0) is 4.74 Å². The number of aromatic nitrogens is 1. The Morgan fingerprint density at radius 3 is 2.50 bits per heavy atom. The van der Waals surface area contributed by atoms with Crippen LogP contribution in [0.2, 0.25) is 0 Å². The largest absolute Gasteiger partial charge is 0.443 e. The summed E-state index contributed by atoms with van der Waals surface area (Å²) in [7, 11) is 0. The second-order valence-electron chi connectivity index (χ2n) is 4.05. The fraction of sp³-hybridized carbons (Fsp3) is 0.455. The predicted octanol–water partition coefficient (Wildman–Crippen LogP) is 3.48. The molecule has 0 saturated carbocycles. The SMILES string of the molecule is C.CC(C)(C)OC(=O)n1cc(Br)cc1C=O. The maximum absolute atomic E-state index is 11.6. The monoisotopic (exact) mass is 289 g/mol. The first-order valence-electron chi connectivity index (χ1n) is 4.40. The van der Waals surface area contributed by atoms with Crippen LogP contribution in [0, 0.1) is 0 Å². The van der Waals surface area contributed by atoms with E-state index in [2.05, 4.69) is 15.9 Å². The number of rotatable bonds is 1. The third-order valence-corrected chi connectivity index (χ3v) is 1.96. The molecule has 0 fully saturated rings. The summed E-state index contributed by atoms with van der Waals surface area (Å²) >= 11 is 3.18. The summed E-state index contributed by atoms with van der Waals surface area (Å²) in [5.74, 6) is 0. The molecule has 1 rings (SSSR count). The molecule has 0 aliphatic rings. The van der Waals surface area contributed by atoms with Crippen molar-refractivity contribution in [1.82, 2.24) is 4.57 Å². The van der Waals surface area contributed by atoms with E-state index in [1.165, 1.54) is 10.8 Å². The zero-order valence-electron chi connectivity index (χ0n) is 8.78.